The molecule has 0 saturated heterocycles. The normalized spacial score (nSPS) is 16.2. The Balaban J connectivity index is 2.00. The van der Waals surface area contributed by atoms with Gasteiger partial charge in [0.2, 0.25) is 0 Å². The summed E-state index contributed by atoms with van der Waals surface area (Å²) in [6, 6.07) is 11.8. The summed E-state index contributed by atoms with van der Waals surface area (Å²) in [5.41, 5.74) is 3.43. The van der Waals surface area contributed by atoms with Crippen LogP contribution in [-0.4, -0.2) is 10.5 Å². The van der Waals surface area contributed by atoms with Crippen LogP contribution in [0.2, 0.25) is 10.0 Å². The van der Waals surface area contributed by atoms with Crippen LogP contribution < -0.4 is 4.90 Å². The molecule has 4 rings (SSSR count). The van der Waals surface area contributed by atoms with Gasteiger partial charge in [0.15, 0.2) is 5.82 Å². The van der Waals surface area contributed by atoms with Gasteiger partial charge in [0.25, 0.3) is 5.91 Å². The molecule has 0 bridgehead atoms. The largest absolute Gasteiger partial charge is 0.346 e. The number of halogens is 3. The second-order valence-corrected chi connectivity index (χ2v) is 8.11. The first-order chi connectivity index (χ1) is 13.3. The van der Waals surface area contributed by atoms with E-state index in [1.165, 1.54) is 11.0 Å². The molecule has 2 heterocycles. The molecule has 0 fully saturated rings. The van der Waals surface area contributed by atoms with Crippen LogP contribution >= 0.6 is 23.2 Å². The lowest BCUT2D eigenvalue weighted by molar-refractivity contribution is 0.0992. The van der Waals surface area contributed by atoms with E-state index in [0.717, 1.165) is 16.8 Å². The van der Waals surface area contributed by atoms with Gasteiger partial charge in [-0.15, -0.1) is 0 Å². The number of hydrogen-bond donors (Lipinski definition) is 0. The van der Waals surface area contributed by atoms with Crippen molar-refractivity contribution < 1.29 is 9.18 Å². The maximum absolute atomic E-state index is 14.9. The summed E-state index contributed by atoms with van der Waals surface area (Å²) in [4.78, 5) is 14.8. The zero-order valence-electron chi connectivity index (χ0n) is 15.7. The molecule has 3 nitrogen and oxygen atoms in total. The first-order valence-electron chi connectivity index (χ1n) is 9.05. The van der Waals surface area contributed by atoms with Crippen molar-refractivity contribution in [3.05, 3.63) is 86.9 Å². The van der Waals surface area contributed by atoms with E-state index in [1.807, 2.05) is 25.3 Å². The molecular formula is C22H19Cl2FN2O. The maximum Gasteiger partial charge on any atom is 0.261 e. The van der Waals surface area contributed by atoms with E-state index >= 15 is 0 Å². The zero-order valence-corrected chi connectivity index (χ0v) is 17.2. The number of anilines is 1. The zero-order chi connectivity index (χ0) is 20.2. The van der Waals surface area contributed by atoms with E-state index < -0.39 is 11.9 Å². The molecule has 0 saturated carbocycles. The first-order valence-corrected chi connectivity index (χ1v) is 9.81. The highest BCUT2D eigenvalue weighted by atomic mass is 35.5. The summed E-state index contributed by atoms with van der Waals surface area (Å²) in [7, 11) is 0. The van der Waals surface area contributed by atoms with Crippen molar-refractivity contribution in [2.24, 2.45) is 0 Å². The van der Waals surface area contributed by atoms with Gasteiger partial charge < -0.3 is 4.57 Å². The molecular weight excluding hydrogens is 398 g/mol. The molecule has 1 atom stereocenters. The van der Waals surface area contributed by atoms with Crippen molar-refractivity contribution in [2.45, 2.75) is 32.9 Å². The molecule has 6 heteroatoms. The number of nitrogens with zero attached hydrogens (tertiary/aromatic N) is 2. The first kappa shape index (κ1) is 19.0. The summed E-state index contributed by atoms with van der Waals surface area (Å²) >= 11 is 12.2. The van der Waals surface area contributed by atoms with Crippen molar-refractivity contribution in [2.75, 3.05) is 4.90 Å². The Kier molecular flexibility index (Phi) is 4.72. The predicted octanol–water partition coefficient (Wildman–Crippen LogP) is 6.57. The number of aromatic nitrogens is 1. The lowest BCUT2D eigenvalue weighted by Gasteiger charge is -2.29. The maximum atomic E-state index is 14.9. The third kappa shape index (κ3) is 2.83. The highest BCUT2D eigenvalue weighted by molar-refractivity contribution is 6.31. The smallest absolute Gasteiger partial charge is 0.261 e. The molecule has 1 unspecified atom stereocenters. The highest BCUT2D eigenvalue weighted by Gasteiger charge is 2.43. The molecule has 144 valence electrons. The standard InChI is InChI=1S/C22H19Cl2FN2O/c1-12(2)26-10-9-16-20(26)21(15-8-7-14(23)11-13(15)3)27(22(16)28)18-6-4-5-17(24)19(18)25/h4-12,21H,1-3H3. The number of benzene rings is 2. The molecule has 0 aliphatic carbocycles. The fourth-order valence-corrected chi connectivity index (χ4v) is 4.30. The second-order valence-electron chi connectivity index (χ2n) is 7.27. The van der Waals surface area contributed by atoms with Crippen LogP contribution in [0.3, 0.4) is 0 Å². The quantitative estimate of drug-likeness (QED) is 0.473. The van der Waals surface area contributed by atoms with Crippen LogP contribution in [0.4, 0.5) is 10.1 Å². The van der Waals surface area contributed by atoms with Gasteiger partial charge in [-0.1, -0.05) is 35.3 Å². The lowest BCUT2D eigenvalue weighted by atomic mass is 9.98. The Morgan fingerprint density at radius 3 is 2.54 bits per heavy atom. The molecule has 2 aromatic carbocycles. The van der Waals surface area contributed by atoms with E-state index in [4.69, 9.17) is 23.2 Å². The number of rotatable bonds is 3. The SMILES string of the molecule is Cc1cc(Cl)ccc1C1c2c(ccn2C(C)C)C(=O)N1c1cccc(Cl)c1F. The van der Waals surface area contributed by atoms with Crippen LogP contribution in [0.15, 0.2) is 48.7 Å². The van der Waals surface area contributed by atoms with Crippen molar-refractivity contribution in [3.8, 4) is 0 Å². The minimum Gasteiger partial charge on any atom is -0.346 e. The molecule has 0 N–H and O–H groups in total. The highest BCUT2D eigenvalue weighted by Crippen LogP contribution is 2.45. The fraction of sp³-hybridized carbons (Fsp3) is 0.227. The van der Waals surface area contributed by atoms with Crippen LogP contribution in [0.5, 0.6) is 0 Å². The molecule has 1 aromatic heterocycles. The van der Waals surface area contributed by atoms with Gasteiger partial charge in [-0.2, -0.15) is 0 Å². The average molecular weight is 417 g/mol. The fourth-order valence-electron chi connectivity index (χ4n) is 3.91. The van der Waals surface area contributed by atoms with Gasteiger partial charge in [-0.05, 0) is 62.2 Å². The van der Waals surface area contributed by atoms with Crippen molar-refractivity contribution in [1.82, 2.24) is 4.57 Å². The third-order valence-electron chi connectivity index (χ3n) is 5.20. The molecule has 0 spiro atoms. The van der Waals surface area contributed by atoms with Gasteiger partial charge in [0.1, 0.15) is 6.04 Å². The van der Waals surface area contributed by atoms with Crippen LogP contribution in [-0.2, 0) is 0 Å². The van der Waals surface area contributed by atoms with E-state index in [0.29, 0.717) is 10.6 Å². The lowest BCUT2D eigenvalue weighted by Crippen LogP contribution is -2.31. The summed E-state index contributed by atoms with van der Waals surface area (Å²) in [6.45, 7) is 6.05. The van der Waals surface area contributed by atoms with Crippen LogP contribution in [0.25, 0.3) is 0 Å². The van der Waals surface area contributed by atoms with Gasteiger partial charge in [-0.25, -0.2) is 4.39 Å². The topological polar surface area (TPSA) is 25.2 Å². The van der Waals surface area contributed by atoms with Crippen molar-refractivity contribution in [1.29, 1.82) is 0 Å². The number of aryl methyl sites for hydroxylation is 1. The van der Waals surface area contributed by atoms with E-state index in [2.05, 4.69) is 18.4 Å². The second kappa shape index (κ2) is 6.94. The van der Waals surface area contributed by atoms with Crippen LogP contribution in [0, 0.1) is 12.7 Å². The molecule has 0 radical (unpaired) electrons. The average Bonchev–Trinajstić information content (AvgIpc) is 3.18. The Bertz CT molecular complexity index is 1090. The number of hydrogen-bond acceptors (Lipinski definition) is 1. The summed E-state index contributed by atoms with van der Waals surface area (Å²) < 4.78 is 17.0. The molecule has 1 aliphatic rings. The Morgan fingerprint density at radius 1 is 1.11 bits per heavy atom. The van der Waals surface area contributed by atoms with Gasteiger partial charge in [0.05, 0.1) is 22.0 Å². The van der Waals surface area contributed by atoms with Gasteiger partial charge in [0, 0.05) is 17.3 Å². The van der Waals surface area contributed by atoms with Crippen LogP contribution in [0.1, 0.15) is 53.1 Å². The summed E-state index contributed by atoms with van der Waals surface area (Å²) in [5.74, 6) is -0.842. The predicted molar refractivity (Wildman–Crippen MR) is 111 cm³/mol. The third-order valence-corrected chi connectivity index (χ3v) is 5.72. The minimum absolute atomic E-state index is 0.0137. The minimum atomic E-state index is -0.601. The molecule has 28 heavy (non-hydrogen) atoms. The number of fused-ring (bicyclic) bond motifs is 1. The number of carbonyl (C=O) groups excluding carboxylic acids is 1. The van der Waals surface area contributed by atoms with E-state index in [1.54, 1.807) is 24.3 Å². The Hall–Kier alpha value is -2.30. The number of amides is 1. The summed E-state index contributed by atoms with van der Waals surface area (Å²) in [5, 5.41) is 0.603. The monoisotopic (exact) mass is 416 g/mol. The van der Waals surface area contributed by atoms with Crippen molar-refractivity contribution >= 4 is 34.8 Å². The Labute approximate surface area is 173 Å². The van der Waals surface area contributed by atoms with Crippen molar-refractivity contribution in [3.63, 3.8) is 0 Å². The molecule has 3 aromatic rings. The van der Waals surface area contributed by atoms with E-state index in [-0.39, 0.29) is 22.7 Å². The summed E-state index contributed by atoms with van der Waals surface area (Å²) in [6.07, 6.45) is 1.91. The van der Waals surface area contributed by atoms with Gasteiger partial charge in [-0.3, -0.25) is 9.69 Å². The Morgan fingerprint density at radius 2 is 1.86 bits per heavy atom. The van der Waals surface area contributed by atoms with E-state index in [9.17, 15) is 9.18 Å². The van der Waals surface area contributed by atoms with Gasteiger partial charge >= 0.3 is 0 Å². The molecule has 1 amide bonds. The number of carbonyl (C=O) groups is 1. The molecule has 1 aliphatic heterocycles.